The number of Topliss-reactive ketones (excluding diaryl/α,β-unsaturated/α-hetero) is 1. The summed E-state index contributed by atoms with van der Waals surface area (Å²) in [6, 6.07) is 19.5. The maximum absolute atomic E-state index is 13.3. The van der Waals surface area contributed by atoms with Crippen molar-refractivity contribution in [1.82, 2.24) is 0 Å². The van der Waals surface area contributed by atoms with E-state index in [-0.39, 0.29) is 24.4 Å². The van der Waals surface area contributed by atoms with E-state index in [1.807, 2.05) is 31.2 Å². The molecule has 33 heavy (non-hydrogen) atoms. The largest absolute Gasteiger partial charge is 0.492 e. The topological polar surface area (TPSA) is 110 Å². The number of para-hydroxylation sites is 1. The molecule has 1 heterocycles. The number of carbonyl (C=O) groups is 2. The van der Waals surface area contributed by atoms with Crippen LogP contribution in [0.3, 0.4) is 0 Å². The van der Waals surface area contributed by atoms with E-state index in [0.29, 0.717) is 17.0 Å². The van der Waals surface area contributed by atoms with Crippen molar-refractivity contribution in [3.8, 4) is 5.75 Å². The van der Waals surface area contributed by atoms with Crippen molar-refractivity contribution >= 4 is 23.1 Å². The van der Waals surface area contributed by atoms with Gasteiger partial charge in [0.2, 0.25) is 0 Å². The zero-order chi connectivity index (χ0) is 23.6. The number of anilines is 1. The zero-order valence-electron chi connectivity index (χ0n) is 17.9. The number of aryl methyl sites for hydroxylation is 1. The molecule has 1 amide bonds. The summed E-state index contributed by atoms with van der Waals surface area (Å²) in [6.45, 7) is 2.34. The molecule has 3 aromatic carbocycles. The first-order valence-corrected chi connectivity index (χ1v) is 10.4. The molecule has 1 unspecified atom stereocenters. The molecule has 0 saturated carbocycles. The van der Waals surface area contributed by atoms with Crippen molar-refractivity contribution in [2.75, 3.05) is 18.1 Å². The fourth-order valence-electron chi connectivity index (χ4n) is 3.92. The number of aliphatic hydroxyl groups is 1. The van der Waals surface area contributed by atoms with Gasteiger partial charge in [0, 0.05) is 23.3 Å². The van der Waals surface area contributed by atoms with Gasteiger partial charge < -0.3 is 14.7 Å². The molecule has 0 aromatic heterocycles. The summed E-state index contributed by atoms with van der Waals surface area (Å²) >= 11 is 0. The van der Waals surface area contributed by atoms with Crippen LogP contribution in [0.4, 0.5) is 11.4 Å². The zero-order valence-corrected chi connectivity index (χ0v) is 17.9. The van der Waals surface area contributed by atoms with Gasteiger partial charge in [-0.15, -0.1) is 0 Å². The van der Waals surface area contributed by atoms with Crippen LogP contribution < -0.4 is 9.64 Å². The lowest BCUT2D eigenvalue weighted by atomic mass is 9.88. The quantitative estimate of drug-likeness (QED) is 0.320. The number of nitro benzene ring substituents is 1. The smallest absolute Gasteiger partial charge is 0.270 e. The van der Waals surface area contributed by atoms with Crippen LogP contribution in [-0.2, 0) is 10.4 Å². The number of carbonyl (C=O) groups excluding carboxylic acids is 2. The molecule has 0 saturated heterocycles. The molecule has 0 bridgehead atoms. The number of nitrogens with zero attached hydrogens (tertiary/aromatic N) is 2. The van der Waals surface area contributed by atoms with E-state index in [2.05, 4.69) is 0 Å². The van der Waals surface area contributed by atoms with Crippen molar-refractivity contribution in [3.63, 3.8) is 0 Å². The minimum atomic E-state index is -2.07. The Morgan fingerprint density at radius 3 is 2.55 bits per heavy atom. The van der Waals surface area contributed by atoms with Crippen molar-refractivity contribution in [1.29, 1.82) is 0 Å². The van der Waals surface area contributed by atoms with E-state index in [9.17, 15) is 24.8 Å². The molecule has 1 aliphatic rings. The second kappa shape index (κ2) is 8.84. The average Bonchev–Trinajstić information content (AvgIpc) is 3.02. The van der Waals surface area contributed by atoms with Crippen LogP contribution in [0.1, 0.15) is 27.9 Å². The van der Waals surface area contributed by atoms with E-state index in [0.717, 1.165) is 11.6 Å². The Hall–Kier alpha value is -4.04. The minimum Gasteiger partial charge on any atom is -0.492 e. The molecular formula is C25H22N2O6. The van der Waals surface area contributed by atoms with Crippen LogP contribution in [0, 0.1) is 17.0 Å². The molecule has 4 rings (SSSR count). The predicted octanol–water partition coefficient (Wildman–Crippen LogP) is 3.79. The third-order valence-electron chi connectivity index (χ3n) is 5.64. The standard InChI is InChI=1S/C25H22N2O6/c1-17-9-11-20(12-10-17)33-14-13-26-22-8-3-2-7-21(22)25(30,24(26)29)16-23(28)18-5-4-6-19(15-18)27(31)32/h2-12,15,30H,13-14,16H2,1H3. The van der Waals surface area contributed by atoms with Crippen molar-refractivity contribution in [2.45, 2.75) is 18.9 Å². The Bertz CT molecular complexity index is 1220. The van der Waals surface area contributed by atoms with Gasteiger partial charge in [-0.05, 0) is 25.1 Å². The first-order valence-electron chi connectivity index (χ1n) is 10.4. The van der Waals surface area contributed by atoms with Gasteiger partial charge in [-0.2, -0.15) is 0 Å². The fourth-order valence-corrected chi connectivity index (χ4v) is 3.92. The summed E-state index contributed by atoms with van der Waals surface area (Å²) in [6.07, 6.45) is -0.528. The lowest BCUT2D eigenvalue weighted by Gasteiger charge is -2.23. The first kappa shape index (κ1) is 22.2. The Kier molecular flexibility index (Phi) is 5.93. The molecule has 0 radical (unpaired) electrons. The van der Waals surface area contributed by atoms with E-state index < -0.39 is 28.6 Å². The van der Waals surface area contributed by atoms with Gasteiger partial charge in [0.05, 0.1) is 23.6 Å². The number of non-ortho nitro benzene ring substituents is 1. The maximum atomic E-state index is 13.3. The van der Waals surface area contributed by atoms with Crippen LogP contribution in [0.15, 0.2) is 72.8 Å². The van der Waals surface area contributed by atoms with E-state index in [1.165, 1.54) is 23.1 Å². The molecule has 168 valence electrons. The van der Waals surface area contributed by atoms with Gasteiger partial charge in [0.25, 0.3) is 11.6 Å². The summed E-state index contributed by atoms with van der Waals surface area (Å²) in [5.41, 5.74) is -0.315. The van der Waals surface area contributed by atoms with Gasteiger partial charge in [0.15, 0.2) is 11.4 Å². The highest BCUT2D eigenvalue weighted by Crippen LogP contribution is 2.42. The van der Waals surface area contributed by atoms with Crippen molar-refractivity contribution in [3.05, 3.63) is 99.6 Å². The van der Waals surface area contributed by atoms with E-state index in [4.69, 9.17) is 4.74 Å². The number of nitro groups is 1. The molecule has 3 aromatic rings. The molecule has 0 aliphatic carbocycles. The number of hydrogen-bond donors (Lipinski definition) is 1. The van der Waals surface area contributed by atoms with Gasteiger partial charge in [-0.25, -0.2) is 0 Å². The van der Waals surface area contributed by atoms with Gasteiger partial charge in [-0.3, -0.25) is 19.7 Å². The molecule has 1 aliphatic heterocycles. The number of hydrogen-bond acceptors (Lipinski definition) is 6. The monoisotopic (exact) mass is 446 g/mol. The summed E-state index contributed by atoms with van der Waals surface area (Å²) in [7, 11) is 0. The van der Waals surface area contributed by atoms with Crippen LogP contribution in [0.5, 0.6) is 5.75 Å². The Labute approximate surface area is 190 Å². The molecular weight excluding hydrogens is 424 g/mol. The lowest BCUT2D eigenvalue weighted by Crippen LogP contribution is -2.43. The SMILES string of the molecule is Cc1ccc(OCCN2C(=O)C(O)(CC(=O)c3cccc([N+](=O)[O-])c3)c3ccccc32)cc1. The van der Waals surface area contributed by atoms with Crippen molar-refractivity contribution in [2.24, 2.45) is 0 Å². The Balaban J connectivity index is 1.54. The highest BCUT2D eigenvalue weighted by Gasteiger charge is 2.50. The summed E-state index contributed by atoms with van der Waals surface area (Å²) < 4.78 is 5.73. The van der Waals surface area contributed by atoms with Gasteiger partial charge in [0.1, 0.15) is 12.4 Å². The molecule has 0 spiro atoms. The Morgan fingerprint density at radius 2 is 1.82 bits per heavy atom. The van der Waals surface area contributed by atoms with Crippen LogP contribution >= 0.6 is 0 Å². The van der Waals surface area contributed by atoms with Crippen LogP contribution in [-0.4, -0.2) is 34.9 Å². The third-order valence-corrected chi connectivity index (χ3v) is 5.64. The number of fused-ring (bicyclic) bond motifs is 1. The normalized spacial score (nSPS) is 17.0. The molecule has 1 N–H and O–H groups in total. The van der Waals surface area contributed by atoms with Crippen molar-refractivity contribution < 1.29 is 24.4 Å². The molecule has 1 atom stereocenters. The predicted molar refractivity (Wildman–Crippen MR) is 121 cm³/mol. The highest BCUT2D eigenvalue weighted by atomic mass is 16.6. The van der Waals surface area contributed by atoms with E-state index >= 15 is 0 Å². The van der Waals surface area contributed by atoms with Crippen LogP contribution in [0.25, 0.3) is 0 Å². The number of rotatable bonds is 8. The fraction of sp³-hybridized carbons (Fsp3) is 0.200. The van der Waals surface area contributed by atoms with Gasteiger partial charge >= 0.3 is 0 Å². The summed E-state index contributed by atoms with van der Waals surface area (Å²) in [5.74, 6) is -0.534. The molecule has 0 fully saturated rings. The van der Waals surface area contributed by atoms with E-state index in [1.54, 1.807) is 24.3 Å². The second-order valence-corrected chi connectivity index (χ2v) is 7.90. The molecule has 8 heteroatoms. The average molecular weight is 446 g/mol. The summed E-state index contributed by atoms with van der Waals surface area (Å²) in [4.78, 5) is 38.0. The second-order valence-electron chi connectivity index (χ2n) is 7.90. The number of amides is 1. The highest BCUT2D eigenvalue weighted by molar-refractivity contribution is 6.10. The molecule has 8 nitrogen and oxygen atoms in total. The lowest BCUT2D eigenvalue weighted by molar-refractivity contribution is -0.384. The maximum Gasteiger partial charge on any atom is 0.270 e. The van der Waals surface area contributed by atoms with Crippen LogP contribution in [0.2, 0.25) is 0 Å². The Morgan fingerprint density at radius 1 is 1.09 bits per heavy atom. The third kappa shape index (κ3) is 4.33. The van der Waals surface area contributed by atoms with Gasteiger partial charge in [-0.1, -0.05) is 48.0 Å². The number of ketones is 1. The number of ether oxygens (including phenoxy) is 1. The first-order chi connectivity index (χ1) is 15.8. The summed E-state index contributed by atoms with van der Waals surface area (Å²) in [5, 5.41) is 22.4. The number of benzene rings is 3. The minimum absolute atomic E-state index is 0.0593.